The van der Waals surface area contributed by atoms with E-state index in [9.17, 15) is 22.8 Å². The van der Waals surface area contributed by atoms with E-state index in [1.165, 1.54) is 18.2 Å². The van der Waals surface area contributed by atoms with Crippen LogP contribution in [-0.4, -0.2) is 15.7 Å². The summed E-state index contributed by atoms with van der Waals surface area (Å²) in [5.74, 6) is -0.656. The second-order valence-electron chi connectivity index (χ2n) is 6.66. The molecule has 0 atom stereocenters. The van der Waals surface area contributed by atoms with E-state index in [0.29, 0.717) is 5.69 Å². The topological polar surface area (TPSA) is 64.0 Å². The number of hydrogen-bond acceptors (Lipinski definition) is 3. The van der Waals surface area contributed by atoms with Gasteiger partial charge in [-0.05, 0) is 49.7 Å². The monoisotopic (exact) mass is 401 g/mol. The third-order valence-corrected chi connectivity index (χ3v) is 4.30. The average Bonchev–Trinajstić information content (AvgIpc) is 2.65. The summed E-state index contributed by atoms with van der Waals surface area (Å²) >= 11 is 0. The minimum Gasteiger partial charge on any atom is -0.324 e. The van der Waals surface area contributed by atoms with Gasteiger partial charge in [0.25, 0.3) is 5.56 Å². The van der Waals surface area contributed by atoms with Gasteiger partial charge >= 0.3 is 6.18 Å². The van der Waals surface area contributed by atoms with Crippen LogP contribution in [0, 0.1) is 13.8 Å². The van der Waals surface area contributed by atoms with E-state index in [-0.39, 0.29) is 5.69 Å². The lowest BCUT2D eigenvalue weighted by molar-refractivity contribution is -0.137. The first-order valence-electron chi connectivity index (χ1n) is 8.76. The van der Waals surface area contributed by atoms with Gasteiger partial charge in [-0.15, -0.1) is 0 Å². The summed E-state index contributed by atoms with van der Waals surface area (Å²) in [5, 5.41) is 6.62. The van der Waals surface area contributed by atoms with Crippen LogP contribution in [0.4, 0.5) is 18.9 Å². The number of hydrogen-bond donors (Lipinski definition) is 1. The number of aromatic nitrogens is 2. The minimum atomic E-state index is -4.51. The fourth-order valence-corrected chi connectivity index (χ4v) is 2.83. The van der Waals surface area contributed by atoms with Crippen LogP contribution in [0.15, 0.2) is 59.4 Å². The van der Waals surface area contributed by atoms with Crippen LogP contribution < -0.4 is 10.9 Å². The van der Waals surface area contributed by atoms with Crippen LogP contribution in [0.5, 0.6) is 0 Å². The van der Waals surface area contributed by atoms with Crippen molar-refractivity contribution in [3.8, 4) is 11.3 Å². The third-order valence-electron chi connectivity index (χ3n) is 4.30. The molecule has 2 aromatic carbocycles. The first kappa shape index (κ1) is 20.3. The number of nitrogens with zero attached hydrogens (tertiary/aromatic N) is 2. The molecule has 0 saturated heterocycles. The number of benzene rings is 2. The van der Waals surface area contributed by atoms with Crippen molar-refractivity contribution in [1.29, 1.82) is 0 Å². The summed E-state index contributed by atoms with van der Waals surface area (Å²) in [6.45, 7) is 3.42. The maximum Gasteiger partial charge on any atom is 0.416 e. The summed E-state index contributed by atoms with van der Waals surface area (Å²) in [6.07, 6.45) is -4.51. The highest BCUT2D eigenvalue weighted by atomic mass is 19.4. The Morgan fingerprint density at radius 1 is 1.07 bits per heavy atom. The molecule has 3 aromatic rings. The number of carbonyl (C=O) groups is 1. The van der Waals surface area contributed by atoms with E-state index in [1.54, 1.807) is 6.07 Å². The summed E-state index contributed by atoms with van der Waals surface area (Å²) in [6, 6.07) is 13.0. The second-order valence-corrected chi connectivity index (χ2v) is 6.66. The van der Waals surface area contributed by atoms with Gasteiger partial charge in [-0.1, -0.05) is 23.8 Å². The SMILES string of the molecule is Cc1ccc(C)c(-c2ccc(=O)n(CC(=O)Nc3cccc(C(F)(F)F)c3)n2)c1. The molecule has 0 aliphatic rings. The lowest BCUT2D eigenvalue weighted by atomic mass is 10.0. The highest BCUT2D eigenvalue weighted by Gasteiger charge is 2.30. The molecule has 1 aromatic heterocycles. The average molecular weight is 401 g/mol. The predicted octanol–water partition coefficient (Wildman–Crippen LogP) is 4.18. The number of rotatable bonds is 4. The number of aryl methyl sites for hydroxylation is 2. The molecule has 150 valence electrons. The maximum atomic E-state index is 12.8. The smallest absolute Gasteiger partial charge is 0.324 e. The van der Waals surface area contributed by atoms with Crippen LogP contribution in [0.25, 0.3) is 11.3 Å². The molecule has 1 amide bonds. The fourth-order valence-electron chi connectivity index (χ4n) is 2.83. The Bertz CT molecular complexity index is 1120. The first-order chi connectivity index (χ1) is 13.6. The van der Waals surface area contributed by atoms with Gasteiger partial charge in [-0.25, -0.2) is 4.68 Å². The summed E-state index contributed by atoms with van der Waals surface area (Å²) in [7, 11) is 0. The Morgan fingerprint density at radius 3 is 2.55 bits per heavy atom. The van der Waals surface area contributed by atoms with E-state index < -0.39 is 29.8 Å². The molecule has 29 heavy (non-hydrogen) atoms. The molecule has 0 bridgehead atoms. The van der Waals surface area contributed by atoms with E-state index >= 15 is 0 Å². The number of amides is 1. The number of anilines is 1. The Kier molecular flexibility index (Phi) is 5.54. The number of nitrogens with one attached hydrogen (secondary N) is 1. The molecule has 0 aliphatic heterocycles. The van der Waals surface area contributed by atoms with Gasteiger partial charge in [0.05, 0.1) is 11.3 Å². The number of halogens is 3. The Labute approximate surface area is 164 Å². The summed E-state index contributed by atoms with van der Waals surface area (Å²) in [5.41, 5.74) is 1.97. The van der Waals surface area contributed by atoms with Crippen molar-refractivity contribution in [3.63, 3.8) is 0 Å². The molecule has 1 heterocycles. The molecule has 5 nitrogen and oxygen atoms in total. The normalized spacial score (nSPS) is 11.3. The lowest BCUT2D eigenvalue weighted by Crippen LogP contribution is -2.29. The largest absolute Gasteiger partial charge is 0.416 e. The molecule has 1 N–H and O–H groups in total. The molecular weight excluding hydrogens is 383 g/mol. The maximum absolute atomic E-state index is 12.8. The minimum absolute atomic E-state index is 0.0106. The second kappa shape index (κ2) is 7.90. The zero-order valence-corrected chi connectivity index (χ0v) is 15.7. The Hall–Kier alpha value is -3.42. The molecular formula is C21H18F3N3O2. The third kappa shape index (κ3) is 4.90. The van der Waals surface area contributed by atoms with Crippen LogP contribution in [-0.2, 0) is 17.5 Å². The van der Waals surface area contributed by atoms with Gasteiger partial charge < -0.3 is 5.32 Å². The van der Waals surface area contributed by atoms with Crippen molar-refractivity contribution < 1.29 is 18.0 Å². The van der Waals surface area contributed by atoms with Crippen LogP contribution in [0.2, 0.25) is 0 Å². The molecule has 0 unspecified atom stereocenters. The quantitative estimate of drug-likeness (QED) is 0.713. The molecule has 0 radical (unpaired) electrons. The van der Waals surface area contributed by atoms with Crippen molar-refractivity contribution in [2.24, 2.45) is 0 Å². The zero-order valence-electron chi connectivity index (χ0n) is 15.7. The van der Waals surface area contributed by atoms with E-state index in [0.717, 1.165) is 33.5 Å². The number of alkyl halides is 3. The van der Waals surface area contributed by atoms with Crippen molar-refractivity contribution in [3.05, 3.63) is 81.6 Å². The van der Waals surface area contributed by atoms with Crippen LogP contribution in [0.3, 0.4) is 0 Å². The Balaban J connectivity index is 1.82. The first-order valence-corrected chi connectivity index (χ1v) is 8.76. The predicted molar refractivity (Wildman–Crippen MR) is 103 cm³/mol. The molecule has 0 aliphatic carbocycles. The van der Waals surface area contributed by atoms with E-state index in [2.05, 4.69) is 10.4 Å². The van der Waals surface area contributed by atoms with Gasteiger partial charge in [0.2, 0.25) is 5.91 Å². The molecule has 0 saturated carbocycles. The van der Waals surface area contributed by atoms with Gasteiger partial charge in [0.15, 0.2) is 0 Å². The zero-order chi connectivity index (χ0) is 21.2. The lowest BCUT2D eigenvalue weighted by Gasteiger charge is -2.11. The standard InChI is InChI=1S/C21H18F3N3O2/c1-13-6-7-14(2)17(10-13)18-8-9-20(29)27(26-18)12-19(28)25-16-5-3-4-15(11-16)21(22,23)24/h3-11H,12H2,1-2H3,(H,25,28). The number of carbonyl (C=O) groups excluding carboxylic acids is 1. The van der Waals surface area contributed by atoms with Gasteiger partial charge in [-0.2, -0.15) is 18.3 Å². The highest BCUT2D eigenvalue weighted by Crippen LogP contribution is 2.30. The Morgan fingerprint density at radius 2 is 1.83 bits per heavy atom. The van der Waals surface area contributed by atoms with Crippen molar-refractivity contribution in [1.82, 2.24) is 9.78 Å². The van der Waals surface area contributed by atoms with Crippen molar-refractivity contribution >= 4 is 11.6 Å². The van der Waals surface area contributed by atoms with Crippen LogP contribution >= 0.6 is 0 Å². The van der Waals surface area contributed by atoms with Crippen molar-refractivity contribution in [2.45, 2.75) is 26.6 Å². The van der Waals surface area contributed by atoms with Gasteiger partial charge in [-0.3, -0.25) is 9.59 Å². The highest BCUT2D eigenvalue weighted by molar-refractivity contribution is 5.90. The molecule has 3 rings (SSSR count). The molecule has 0 spiro atoms. The van der Waals surface area contributed by atoms with Crippen molar-refractivity contribution in [2.75, 3.05) is 5.32 Å². The molecule has 8 heteroatoms. The summed E-state index contributed by atoms with van der Waals surface area (Å²) < 4.78 is 39.4. The fraction of sp³-hybridized carbons (Fsp3) is 0.190. The van der Waals surface area contributed by atoms with E-state index in [4.69, 9.17) is 0 Å². The van der Waals surface area contributed by atoms with E-state index in [1.807, 2.05) is 32.0 Å². The van der Waals surface area contributed by atoms with Gasteiger partial charge in [0, 0.05) is 17.3 Å². The summed E-state index contributed by atoms with van der Waals surface area (Å²) in [4.78, 5) is 24.4. The van der Waals surface area contributed by atoms with Gasteiger partial charge in [0.1, 0.15) is 6.54 Å². The molecule has 0 fully saturated rings. The van der Waals surface area contributed by atoms with Crippen LogP contribution in [0.1, 0.15) is 16.7 Å².